The van der Waals surface area contributed by atoms with Gasteiger partial charge in [0.1, 0.15) is 18.1 Å². The van der Waals surface area contributed by atoms with E-state index >= 15 is 0 Å². The third-order valence-corrected chi connectivity index (χ3v) is 6.16. The number of carbonyl (C=O) groups is 3. The number of carbonyl (C=O) groups excluding carboxylic acids is 3. The van der Waals surface area contributed by atoms with Crippen molar-refractivity contribution in [1.29, 1.82) is 0 Å². The Morgan fingerprint density at radius 3 is 2.15 bits per heavy atom. The van der Waals surface area contributed by atoms with Gasteiger partial charge in [-0.25, -0.2) is 0 Å². The largest absolute Gasteiger partial charge is 0.463 e. The van der Waals surface area contributed by atoms with Gasteiger partial charge in [0.2, 0.25) is 3.79 Å². The highest BCUT2D eigenvalue weighted by atomic mass is 35.6. The molecule has 0 bridgehead atoms. The molecule has 0 unspecified atom stereocenters. The Labute approximate surface area is 210 Å². The number of benzene rings is 1. The van der Waals surface area contributed by atoms with Crippen LogP contribution in [0, 0.1) is 0 Å². The van der Waals surface area contributed by atoms with Crippen LogP contribution in [0.5, 0.6) is 0 Å². The molecule has 0 amide bonds. The maximum atomic E-state index is 11.9. The molecule has 6 atom stereocenters. The van der Waals surface area contributed by atoms with Gasteiger partial charge in [-0.15, -0.1) is 0 Å². The van der Waals surface area contributed by atoms with Crippen LogP contribution in [-0.4, -0.2) is 69.4 Å². The summed E-state index contributed by atoms with van der Waals surface area (Å²) in [5, 5.41) is 13.1. The van der Waals surface area contributed by atoms with Gasteiger partial charge in [0.15, 0.2) is 18.4 Å². The lowest BCUT2D eigenvalue weighted by Gasteiger charge is -2.46. The summed E-state index contributed by atoms with van der Waals surface area (Å²) in [6, 6.07) is 8.07. The Morgan fingerprint density at radius 2 is 1.64 bits per heavy atom. The Morgan fingerprint density at radius 1 is 1.06 bits per heavy atom. The van der Waals surface area contributed by atoms with Crippen molar-refractivity contribution in [2.24, 2.45) is 0 Å². The summed E-state index contributed by atoms with van der Waals surface area (Å²) in [5.41, 5.74) is -0.855. The van der Waals surface area contributed by atoms with Gasteiger partial charge in [-0.3, -0.25) is 19.7 Å². The zero-order chi connectivity index (χ0) is 24.8. The lowest BCUT2D eigenvalue weighted by molar-refractivity contribution is -0.214. The molecule has 1 aliphatic rings. The first-order chi connectivity index (χ1) is 15.4. The maximum absolute atomic E-state index is 11.9. The molecule has 0 aromatic heterocycles. The first-order valence-electron chi connectivity index (χ1n) is 9.74. The van der Waals surface area contributed by atoms with Crippen LogP contribution in [0.2, 0.25) is 0 Å². The van der Waals surface area contributed by atoms with E-state index in [1.165, 1.54) is 25.6 Å². The van der Waals surface area contributed by atoms with Crippen molar-refractivity contribution in [2.45, 2.75) is 65.5 Å². The minimum Gasteiger partial charge on any atom is -0.463 e. The van der Waals surface area contributed by atoms with Gasteiger partial charge in [-0.2, -0.15) is 0 Å². The van der Waals surface area contributed by atoms with Crippen molar-refractivity contribution in [3.05, 3.63) is 30.3 Å². The van der Waals surface area contributed by atoms with Crippen LogP contribution in [0.1, 0.15) is 20.8 Å². The van der Waals surface area contributed by atoms with Gasteiger partial charge in [-0.05, 0) is 12.1 Å². The van der Waals surface area contributed by atoms with Crippen LogP contribution in [0.4, 0.5) is 0 Å². The number of aliphatic hydroxyl groups is 1. The van der Waals surface area contributed by atoms with Crippen LogP contribution in [0.3, 0.4) is 0 Å². The standard InChI is InChI=1S/C20H24Cl3NO8S/c1-10(25)29-9-14-16(30-11(2)26)17(31-12(3)27)15(24-19(28)20(21,22)23)18(32-14)33-13-7-5-4-6-8-13/h4-8,14-19,24,28H,9H2,1-3H3/t14-,15+,16+,17+,18+,19+/m0/s1. The van der Waals surface area contributed by atoms with Gasteiger partial charge in [0.05, 0.1) is 6.04 Å². The molecule has 13 heteroatoms. The summed E-state index contributed by atoms with van der Waals surface area (Å²) < 4.78 is 19.9. The molecule has 2 rings (SSSR count). The second-order valence-corrected chi connectivity index (χ2v) is 10.6. The first kappa shape index (κ1) is 28.0. The van der Waals surface area contributed by atoms with E-state index in [0.29, 0.717) is 0 Å². The maximum Gasteiger partial charge on any atom is 0.303 e. The van der Waals surface area contributed by atoms with Crippen molar-refractivity contribution in [1.82, 2.24) is 5.32 Å². The number of esters is 3. The molecule has 2 N–H and O–H groups in total. The van der Waals surface area contributed by atoms with E-state index in [9.17, 15) is 19.5 Å². The van der Waals surface area contributed by atoms with Gasteiger partial charge >= 0.3 is 17.9 Å². The second-order valence-electron chi connectivity index (χ2n) is 7.06. The lowest BCUT2D eigenvalue weighted by Crippen LogP contribution is -2.67. The normalized spacial score (nSPS) is 26.2. The van der Waals surface area contributed by atoms with Crippen molar-refractivity contribution >= 4 is 64.5 Å². The molecule has 1 aromatic rings. The van der Waals surface area contributed by atoms with Crippen LogP contribution >= 0.6 is 46.6 Å². The highest BCUT2D eigenvalue weighted by molar-refractivity contribution is 7.99. The summed E-state index contributed by atoms with van der Waals surface area (Å²) in [6.07, 6.45) is -5.08. The average molecular weight is 545 g/mol. The number of alkyl halides is 3. The highest BCUT2D eigenvalue weighted by Crippen LogP contribution is 2.37. The number of thioether (sulfide) groups is 1. The number of rotatable bonds is 8. The first-order valence-corrected chi connectivity index (χ1v) is 11.8. The molecule has 1 fully saturated rings. The Kier molecular flexibility index (Phi) is 10.5. The zero-order valence-electron chi connectivity index (χ0n) is 17.9. The number of nitrogens with one attached hydrogen (secondary N) is 1. The monoisotopic (exact) mass is 543 g/mol. The predicted octanol–water partition coefficient (Wildman–Crippen LogP) is 2.58. The minimum absolute atomic E-state index is 0.281. The minimum atomic E-state index is -2.13. The van der Waals surface area contributed by atoms with E-state index in [1.54, 1.807) is 0 Å². The molecule has 1 aromatic carbocycles. The quantitative estimate of drug-likeness (QED) is 0.219. The fourth-order valence-corrected chi connectivity index (χ4v) is 4.44. The second kappa shape index (κ2) is 12.4. The topological polar surface area (TPSA) is 120 Å². The fourth-order valence-electron chi connectivity index (χ4n) is 3.09. The van der Waals surface area contributed by atoms with E-state index in [-0.39, 0.29) is 6.61 Å². The summed E-state index contributed by atoms with van der Waals surface area (Å²) in [4.78, 5) is 35.9. The number of halogens is 3. The fraction of sp³-hybridized carbons (Fsp3) is 0.550. The number of hydrogen-bond donors (Lipinski definition) is 2. The Hall–Kier alpha value is -1.27. The molecule has 0 spiro atoms. The summed E-state index contributed by atoms with van der Waals surface area (Å²) in [5.74, 6) is -1.96. The van der Waals surface area contributed by atoms with Crippen molar-refractivity contribution in [3.8, 4) is 0 Å². The van der Waals surface area contributed by atoms with Crippen molar-refractivity contribution in [3.63, 3.8) is 0 Å². The molecule has 1 heterocycles. The molecule has 0 radical (unpaired) electrons. The van der Waals surface area contributed by atoms with Gasteiger partial charge in [0, 0.05) is 25.7 Å². The van der Waals surface area contributed by atoms with E-state index < -0.39 is 57.7 Å². The lowest BCUT2D eigenvalue weighted by atomic mass is 9.97. The zero-order valence-corrected chi connectivity index (χ0v) is 21.0. The Balaban J connectivity index is 2.48. The number of aliphatic hydroxyl groups excluding tert-OH is 1. The molecule has 184 valence electrons. The molecular weight excluding hydrogens is 521 g/mol. The molecule has 1 aliphatic heterocycles. The molecule has 0 saturated carbocycles. The van der Waals surface area contributed by atoms with Crippen molar-refractivity contribution in [2.75, 3.05) is 6.61 Å². The highest BCUT2D eigenvalue weighted by Gasteiger charge is 2.52. The third-order valence-electron chi connectivity index (χ3n) is 4.36. The molecule has 9 nitrogen and oxygen atoms in total. The molecular formula is C20H24Cl3NO8S. The van der Waals surface area contributed by atoms with Crippen LogP contribution < -0.4 is 5.32 Å². The van der Waals surface area contributed by atoms with E-state index in [2.05, 4.69) is 5.32 Å². The summed E-state index contributed by atoms with van der Waals surface area (Å²) in [7, 11) is 0. The number of hydrogen-bond acceptors (Lipinski definition) is 10. The van der Waals surface area contributed by atoms with Crippen LogP contribution in [0.15, 0.2) is 35.2 Å². The summed E-state index contributed by atoms with van der Waals surface area (Å²) >= 11 is 18.7. The summed E-state index contributed by atoms with van der Waals surface area (Å²) in [6.45, 7) is 3.27. The SMILES string of the molecule is CC(=O)OC[C@@H]1O[C@H](Sc2ccccc2)[C@H](N[C@H](O)C(Cl)(Cl)Cl)[C@@H](OC(C)=O)[C@@H]1OC(C)=O. The van der Waals surface area contributed by atoms with E-state index in [4.69, 9.17) is 53.8 Å². The third kappa shape index (κ3) is 8.79. The van der Waals surface area contributed by atoms with Crippen LogP contribution in [-0.2, 0) is 33.3 Å². The van der Waals surface area contributed by atoms with Gasteiger partial charge < -0.3 is 24.1 Å². The molecule has 33 heavy (non-hydrogen) atoms. The predicted molar refractivity (Wildman–Crippen MR) is 122 cm³/mol. The van der Waals surface area contributed by atoms with E-state index in [1.807, 2.05) is 30.3 Å². The average Bonchev–Trinajstić information content (AvgIpc) is 2.70. The molecule has 1 saturated heterocycles. The number of ether oxygens (including phenoxy) is 4. The van der Waals surface area contributed by atoms with Crippen LogP contribution in [0.25, 0.3) is 0 Å². The molecule has 0 aliphatic carbocycles. The van der Waals surface area contributed by atoms with Gasteiger partial charge in [0.25, 0.3) is 0 Å². The smallest absolute Gasteiger partial charge is 0.303 e. The Bertz CT molecular complexity index is 825. The van der Waals surface area contributed by atoms with Gasteiger partial charge in [-0.1, -0.05) is 64.8 Å². The van der Waals surface area contributed by atoms with E-state index in [0.717, 1.165) is 11.8 Å². The van der Waals surface area contributed by atoms with Crippen molar-refractivity contribution < 1.29 is 38.4 Å².